The Kier molecular flexibility index (Phi) is 5.91. The van der Waals surface area contributed by atoms with Gasteiger partial charge in [0.05, 0.1) is 5.69 Å². The first-order valence-electron chi connectivity index (χ1n) is 8.86. The highest BCUT2D eigenvalue weighted by Crippen LogP contribution is 2.23. The number of anilines is 1. The van der Waals surface area contributed by atoms with Crippen molar-refractivity contribution in [3.05, 3.63) is 29.1 Å². The number of hydrogen-bond acceptors (Lipinski definition) is 6. The molecular weight excluding hydrogens is 336 g/mol. The lowest BCUT2D eigenvalue weighted by molar-refractivity contribution is 0.366. The monoisotopic (exact) mass is 362 g/mol. The third-order valence-corrected chi connectivity index (χ3v) is 5.50. The van der Waals surface area contributed by atoms with E-state index in [9.17, 15) is 0 Å². The fourth-order valence-corrected chi connectivity index (χ4v) is 3.76. The summed E-state index contributed by atoms with van der Waals surface area (Å²) in [5, 5.41) is 7.26. The van der Waals surface area contributed by atoms with Crippen LogP contribution in [0.25, 0.3) is 0 Å². The lowest BCUT2D eigenvalue weighted by atomic mass is 9.99. The summed E-state index contributed by atoms with van der Waals surface area (Å²) in [5.74, 6) is 1.79. The van der Waals surface area contributed by atoms with Crippen LogP contribution in [0.5, 0.6) is 0 Å². The van der Waals surface area contributed by atoms with E-state index in [4.69, 9.17) is 10.3 Å². The van der Waals surface area contributed by atoms with Crippen LogP contribution in [0.3, 0.4) is 0 Å². The number of aromatic nitrogens is 2. The van der Waals surface area contributed by atoms with E-state index in [1.807, 2.05) is 17.6 Å². The number of thiazole rings is 1. The Balaban J connectivity index is 1.52. The number of piperazine rings is 1. The number of rotatable bonds is 6. The molecule has 0 bridgehead atoms. The van der Waals surface area contributed by atoms with Gasteiger partial charge in [0.25, 0.3) is 0 Å². The first-order valence-corrected chi connectivity index (χ1v) is 9.74. The second-order valence-corrected chi connectivity index (χ2v) is 7.07. The zero-order valence-corrected chi connectivity index (χ0v) is 15.7. The molecule has 136 valence electrons. The van der Waals surface area contributed by atoms with Crippen molar-refractivity contribution in [2.24, 2.45) is 10.7 Å². The quantitative estimate of drug-likeness (QED) is 0.628. The minimum atomic E-state index is 0.436. The van der Waals surface area contributed by atoms with Crippen LogP contribution in [-0.4, -0.2) is 47.2 Å². The molecule has 2 N–H and O–H groups in total. The van der Waals surface area contributed by atoms with E-state index >= 15 is 0 Å². The van der Waals surface area contributed by atoms with Crippen molar-refractivity contribution in [1.29, 1.82) is 0 Å². The molecule has 0 radical (unpaired) electrons. The number of nitrogens with two attached hydrogens (primary N) is 1. The van der Waals surface area contributed by atoms with Gasteiger partial charge in [0.1, 0.15) is 6.54 Å². The highest BCUT2D eigenvalue weighted by Gasteiger charge is 2.20. The van der Waals surface area contributed by atoms with E-state index in [0.717, 1.165) is 55.6 Å². The standard InChI is InChI=1S/C17H26N6OS/c1-3-13(4-2)15-11-14(24-21-15)12-20-16(18)22-6-8-23(9-7-22)17-19-5-10-25-17/h5,10-11,13H,3-4,6-9,12H2,1-2H3,(H2,18,20). The maximum atomic E-state index is 6.16. The number of guanidine groups is 1. The molecule has 1 saturated heterocycles. The van der Waals surface area contributed by atoms with Crippen LogP contribution in [0.4, 0.5) is 5.13 Å². The van der Waals surface area contributed by atoms with Crippen LogP contribution in [0.15, 0.2) is 27.2 Å². The molecular formula is C17H26N6OS. The molecule has 0 aliphatic carbocycles. The minimum absolute atomic E-state index is 0.436. The van der Waals surface area contributed by atoms with Crippen molar-refractivity contribution < 1.29 is 4.52 Å². The van der Waals surface area contributed by atoms with Crippen LogP contribution in [0.2, 0.25) is 0 Å². The smallest absolute Gasteiger partial charge is 0.191 e. The Bertz CT molecular complexity index is 671. The third-order valence-electron chi connectivity index (χ3n) is 4.67. The SMILES string of the molecule is CCC(CC)c1cc(CN=C(N)N2CCN(c3nccs3)CC2)on1. The molecule has 1 aliphatic rings. The molecule has 1 fully saturated rings. The van der Waals surface area contributed by atoms with Crippen molar-refractivity contribution >= 4 is 22.4 Å². The fraction of sp³-hybridized carbons (Fsp3) is 0.588. The molecule has 25 heavy (non-hydrogen) atoms. The maximum absolute atomic E-state index is 6.16. The topological polar surface area (TPSA) is 83.8 Å². The highest BCUT2D eigenvalue weighted by atomic mass is 32.1. The van der Waals surface area contributed by atoms with Gasteiger partial charge >= 0.3 is 0 Å². The van der Waals surface area contributed by atoms with E-state index in [-0.39, 0.29) is 0 Å². The number of nitrogens with zero attached hydrogens (tertiary/aromatic N) is 5. The molecule has 0 saturated carbocycles. The molecule has 0 aromatic carbocycles. The van der Waals surface area contributed by atoms with E-state index in [2.05, 4.69) is 38.8 Å². The van der Waals surface area contributed by atoms with Crippen LogP contribution < -0.4 is 10.6 Å². The van der Waals surface area contributed by atoms with Gasteiger partial charge in [-0.25, -0.2) is 9.98 Å². The normalized spacial score (nSPS) is 16.0. The van der Waals surface area contributed by atoms with Gasteiger partial charge in [-0.3, -0.25) is 0 Å². The largest absolute Gasteiger partial charge is 0.370 e. The average molecular weight is 363 g/mol. The Labute approximate surface area is 152 Å². The predicted octanol–water partition coefficient (Wildman–Crippen LogP) is 2.67. The van der Waals surface area contributed by atoms with Crippen molar-refractivity contribution in [2.75, 3.05) is 31.1 Å². The Morgan fingerprint density at radius 3 is 2.72 bits per heavy atom. The van der Waals surface area contributed by atoms with Crippen molar-refractivity contribution in [1.82, 2.24) is 15.0 Å². The van der Waals surface area contributed by atoms with Crippen LogP contribution >= 0.6 is 11.3 Å². The van der Waals surface area contributed by atoms with Gasteiger partial charge in [0, 0.05) is 49.7 Å². The second kappa shape index (κ2) is 8.33. The van der Waals surface area contributed by atoms with Crippen molar-refractivity contribution in [3.63, 3.8) is 0 Å². The minimum Gasteiger partial charge on any atom is -0.370 e. The molecule has 7 nitrogen and oxygen atoms in total. The Hall–Kier alpha value is -2.09. The van der Waals surface area contributed by atoms with Gasteiger partial charge in [-0.05, 0) is 12.8 Å². The molecule has 0 unspecified atom stereocenters. The number of aliphatic imine (C=N–C) groups is 1. The molecule has 1 aliphatic heterocycles. The summed E-state index contributed by atoms with van der Waals surface area (Å²) < 4.78 is 5.41. The Morgan fingerprint density at radius 1 is 1.32 bits per heavy atom. The molecule has 3 heterocycles. The Morgan fingerprint density at radius 2 is 2.08 bits per heavy atom. The maximum Gasteiger partial charge on any atom is 0.191 e. The predicted molar refractivity (Wildman–Crippen MR) is 101 cm³/mol. The van der Waals surface area contributed by atoms with Gasteiger partial charge in [0.15, 0.2) is 16.9 Å². The van der Waals surface area contributed by atoms with Crippen LogP contribution in [0, 0.1) is 0 Å². The lowest BCUT2D eigenvalue weighted by Gasteiger charge is -2.35. The van der Waals surface area contributed by atoms with Gasteiger partial charge < -0.3 is 20.1 Å². The van der Waals surface area contributed by atoms with E-state index in [0.29, 0.717) is 18.4 Å². The zero-order valence-electron chi connectivity index (χ0n) is 14.9. The second-order valence-electron chi connectivity index (χ2n) is 6.19. The lowest BCUT2D eigenvalue weighted by Crippen LogP contribution is -2.51. The van der Waals surface area contributed by atoms with Gasteiger partial charge in [-0.15, -0.1) is 11.3 Å². The summed E-state index contributed by atoms with van der Waals surface area (Å²) in [6.45, 7) is 8.30. The third kappa shape index (κ3) is 4.31. The molecule has 0 spiro atoms. The van der Waals surface area contributed by atoms with Crippen LogP contribution in [0.1, 0.15) is 44.1 Å². The molecule has 3 rings (SSSR count). The molecule has 0 amide bonds. The van der Waals surface area contributed by atoms with Crippen molar-refractivity contribution in [2.45, 2.75) is 39.2 Å². The highest BCUT2D eigenvalue weighted by molar-refractivity contribution is 7.13. The summed E-state index contributed by atoms with van der Waals surface area (Å²) >= 11 is 1.67. The number of hydrogen-bond donors (Lipinski definition) is 1. The molecule has 2 aromatic heterocycles. The van der Waals surface area contributed by atoms with E-state index in [1.54, 1.807) is 11.3 Å². The van der Waals surface area contributed by atoms with Gasteiger partial charge in [-0.1, -0.05) is 19.0 Å². The fourth-order valence-electron chi connectivity index (χ4n) is 3.06. The first-order chi connectivity index (χ1) is 12.2. The van der Waals surface area contributed by atoms with Crippen molar-refractivity contribution in [3.8, 4) is 0 Å². The summed E-state index contributed by atoms with van der Waals surface area (Å²) in [4.78, 5) is 13.2. The first kappa shape index (κ1) is 17.7. The van der Waals surface area contributed by atoms with E-state index < -0.39 is 0 Å². The molecule has 8 heteroatoms. The van der Waals surface area contributed by atoms with Gasteiger partial charge in [-0.2, -0.15) is 0 Å². The van der Waals surface area contributed by atoms with E-state index in [1.165, 1.54) is 0 Å². The summed E-state index contributed by atoms with van der Waals surface area (Å²) in [6.07, 6.45) is 3.98. The molecule has 2 aromatic rings. The summed E-state index contributed by atoms with van der Waals surface area (Å²) in [5.41, 5.74) is 7.18. The summed E-state index contributed by atoms with van der Waals surface area (Å²) in [6, 6.07) is 2.01. The molecule has 0 atom stereocenters. The zero-order chi connectivity index (χ0) is 17.6. The summed E-state index contributed by atoms with van der Waals surface area (Å²) in [7, 11) is 0. The average Bonchev–Trinajstić information content (AvgIpc) is 3.33. The van der Waals surface area contributed by atoms with Crippen LogP contribution in [-0.2, 0) is 6.54 Å². The van der Waals surface area contributed by atoms with Gasteiger partial charge in [0.2, 0.25) is 0 Å².